The Balaban J connectivity index is 1.77. The maximum absolute atomic E-state index is 12.7. The Kier molecular flexibility index (Phi) is 3.41. The average molecular weight is 272 g/mol. The molecule has 3 fully saturated rings. The number of rotatable bonds is 2. The van der Waals surface area contributed by atoms with Gasteiger partial charge in [0.2, 0.25) is 10.0 Å². The van der Waals surface area contributed by atoms with Crippen LogP contribution in [0.3, 0.4) is 0 Å². The molecule has 0 radical (unpaired) electrons. The van der Waals surface area contributed by atoms with Gasteiger partial charge in [-0.05, 0) is 44.7 Å². The van der Waals surface area contributed by atoms with E-state index in [4.69, 9.17) is 0 Å². The SMILES string of the molecule is CC1C2CNCC2CN1S(=O)(=O)C1CCCCC1. The van der Waals surface area contributed by atoms with Crippen LogP contribution in [-0.2, 0) is 10.0 Å². The largest absolute Gasteiger partial charge is 0.316 e. The second-order valence-electron chi connectivity index (χ2n) is 6.20. The van der Waals surface area contributed by atoms with Crippen molar-refractivity contribution in [1.82, 2.24) is 9.62 Å². The van der Waals surface area contributed by atoms with Crippen molar-refractivity contribution < 1.29 is 8.42 Å². The summed E-state index contributed by atoms with van der Waals surface area (Å²) in [5.74, 6) is 1.07. The van der Waals surface area contributed by atoms with Crippen molar-refractivity contribution in [2.24, 2.45) is 11.8 Å². The lowest BCUT2D eigenvalue weighted by Crippen LogP contribution is -2.43. The summed E-state index contributed by atoms with van der Waals surface area (Å²) in [7, 11) is -3.05. The molecule has 0 aromatic heterocycles. The van der Waals surface area contributed by atoms with Gasteiger partial charge in [0.05, 0.1) is 5.25 Å². The average Bonchev–Trinajstić information content (AvgIpc) is 2.94. The lowest BCUT2D eigenvalue weighted by atomic mass is 9.95. The second kappa shape index (κ2) is 4.76. The van der Waals surface area contributed by atoms with Crippen LogP contribution >= 0.6 is 0 Å². The maximum Gasteiger partial charge on any atom is 0.217 e. The van der Waals surface area contributed by atoms with Gasteiger partial charge >= 0.3 is 0 Å². The Morgan fingerprint density at radius 1 is 1.11 bits per heavy atom. The summed E-state index contributed by atoms with van der Waals surface area (Å²) < 4.78 is 27.3. The van der Waals surface area contributed by atoms with E-state index in [1.54, 1.807) is 0 Å². The van der Waals surface area contributed by atoms with Crippen LogP contribution in [-0.4, -0.2) is 43.6 Å². The zero-order valence-corrected chi connectivity index (χ0v) is 12.0. The minimum absolute atomic E-state index is 0.0968. The van der Waals surface area contributed by atoms with Crippen molar-refractivity contribution in [2.75, 3.05) is 19.6 Å². The van der Waals surface area contributed by atoms with Crippen molar-refractivity contribution >= 4 is 10.0 Å². The van der Waals surface area contributed by atoms with Crippen molar-refractivity contribution in [1.29, 1.82) is 0 Å². The zero-order valence-electron chi connectivity index (χ0n) is 11.1. The molecule has 3 unspecified atom stereocenters. The molecule has 0 aromatic rings. The molecule has 4 nitrogen and oxygen atoms in total. The number of fused-ring (bicyclic) bond motifs is 1. The first-order valence-corrected chi connectivity index (χ1v) is 8.82. The van der Waals surface area contributed by atoms with Crippen molar-refractivity contribution in [3.8, 4) is 0 Å². The Bertz CT molecular complexity index is 403. The molecular weight excluding hydrogens is 248 g/mol. The lowest BCUT2D eigenvalue weighted by molar-refractivity contribution is 0.347. The summed E-state index contributed by atoms with van der Waals surface area (Å²) >= 11 is 0. The summed E-state index contributed by atoms with van der Waals surface area (Å²) in [6, 6.07) is 0.192. The first kappa shape index (κ1) is 12.9. The molecule has 0 bridgehead atoms. The second-order valence-corrected chi connectivity index (χ2v) is 8.36. The molecule has 18 heavy (non-hydrogen) atoms. The third-order valence-corrected chi connectivity index (χ3v) is 7.63. The summed E-state index contributed by atoms with van der Waals surface area (Å²) in [6.45, 7) is 4.82. The van der Waals surface area contributed by atoms with Crippen LogP contribution in [0.5, 0.6) is 0 Å². The first-order valence-electron chi connectivity index (χ1n) is 7.32. The third-order valence-electron chi connectivity index (χ3n) is 5.18. The molecule has 1 saturated carbocycles. The molecule has 0 aromatic carbocycles. The Morgan fingerprint density at radius 2 is 1.83 bits per heavy atom. The molecule has 2 heterocycles. The molecule has 3 atom stereocenters. The van der Waals surface area contributed by atoms with E-state index < -0.39 is 10.0 Å². The van der Waals surface area contributed by atoms with Crippen LogP contribution in [0, 0.1) is 11.8 Å². The fraction of sp³-hybridized carbons (Fsp3) is 1.00. The molecule has 2 saturated heterocycles. The van der Waals surface area contributed by atoms with Gasteiger partial charge in [-0.2, -0.15) is 4.31 Å². The number of hydrogen-bond donors (Lipinski definition) is 1. The molecular formula is C13H24N2O2S. The standard InChI is InChI=1S/C13H24N2O2S/c1-10-13-8-14-7-11(13)9-15(10)18(16,17)12-5-3-2-4-6-12/h10-14H,2-9H2,1H3. The van der Waals surface area contributed by atoms with E-state index in [1.807, 2.05) is 4.31 Å². The van der Waals surface area contributed by atoms with Crippen molar-refractivity contribution in [3.05, 3.63) is 0 Å². The molecule has 3 aliphatic rings. The highest BCUT2D eigenvalue weighted by Crippen LogP contribution is 2.37. The van der Waals surface area contributed by atoms with E-state index >= 15 is 0 Å². The highest BCUT2D eigenvalue weighted by Gasteiger charge is 2.48. The molecule has 0 amide bonds. The van der Waals surface area contributed by atoms with Gasteiger partial charge in [-0.25, -0.2) is 8.42 Å². The number of nitrogens with zero attached hydrogens (tertiary/aromatic N) is 1. The fourth-order valence-corrected chi connectivity index (χ4v) is 6.35. The molecule has 3 rings (SSSR count). The number of hydrogen-bond acceptors (Lipinski definition) is 3. The first-order chi connectivity index (χ1) is 8.60. The Hall–Kier alpha value is -0.130. The van der Waals surface area contributed by atoms with E-state index in [2.05, 4.69) is 12.2 Å². The van der Waals surface area contributed by atoms with Gasteiger partial charge < -0.3 is 5.32 Å². The normalized spacial score (nSPS) is 39.1. The maximum atomic E-state index is 12.7. The Morgan fingerprint density at radius 3 is 2.50 bits per heavy atom. The van der Waals surface area contributed by atoms with Crippen LogP contribution in [0.15, 0.2) is 0 Å². The van der Waals surface area contributed by atoms with Gasteiger partial charge in [0, 0.05) is 12.6 Å². The zero-order chi connectivity index (χ0) is 12.8. The molecule has 2 aliphatic heterocycles. The van der Waals surface area contributed by atoms with Gasteiger partial charge in [0.25, 0.3) is 0 Å². The molecule has 0 spiro atoms. The smallest absolute Gasteiger partial charge is 0.217 e. The van der Waals surface area contributed by atoms with E-state index in [0.717, 1.165) is 45.3 Å². The minimum atomic E-state index is -3.05. The molecule has 1 N–H and O–H groups in total. The van der Waals surface area contributed by atoms with Crippen LogP contribution < -0.4 is 5.32 Å². The van der Waals surface area contributed by atoms with Crippen LogP contribution in [0.4, 0.5) is 0 Å². The lowest BCUT2D eigenvalue weighted by Gasteiger charge is -2.30. The summed E-state index contributed by atoms with van der Waals surface area (Å²) in [6.07, 6.45) is 5.12. The van der Waals surface area contributed by atoms with Crippen LogP contribution in [0.1, 0.15) is 39.0 Å². The van der Waals surface area contributed by atoms with E-state index in [-0.39, 0.29) is 11.3 Å². The summed E-state index contributed by atoms with van der Waals surface area (Å²) in [5.41, 5.74) is 0. The van der Waals surface area contributed by atoms with Crippen LogP contribution in [0.2, 0.25) is 0 Å². The number of nitrogens with one attached hydrogen (secondary N) is 1. The van der Waals surface area contributed by atoms with Gasteiger partial charge in [0.15, 0.2) is 0 Å². The van der Waals surface area contributed by atoms with Gasteiger partial charge in [-0.15, -0.1) is 0 Å². The van der Waals surface area contributed by atoms with Crippen LogP contribution in [0.25, 0.3) is 0 Å². The Labute approximate surface area is 110 Å². The highest BCUT2D eigenvalue weighted by molar-refractivity contribution is 7.89. The van der Waals surface area contributed by atoms with Gasteiger partial charge in [0.1, 0.15) is 0 Å². The quantitative estimate of drug-likeness (QED) is 0.821. The highest BCUT2D eigenvalue weighted by atomic mass is 32.2. The molecule has 1 aliphatic carbocycles. The minimum Gasteiger partial charge on any atom is -0.316 e. The predicted molar refractivity (Wildman–Crippen MR) is 71.8 cm³/mol. The van der Waals surface area contributed by atoms with Crippen molar-refractivity contribution in [2.45, 2.75) is 50.3 Å². The van der Waals surface area contributed by atoms with Gasteiger partial charge in [-0.1, -0.05) is 19.3 Å². The molecule has 5 heteroatoms. The monoisotopic (exact) mass is 272 g/mol. The summed E-state index contributed by atoms with van der Waals surface area (Å²) in [4.78, 5) is 0. The summed E-state index contributed by atoms with van der Waals surface area (Å²) in [5, 5.41) is 3.29. The van der Waals surface area contributed by atoms with Gasteiger partial charge in [-0.3, -0.25) is 0 Å². The number of sulfonamides is 1. The third kappa shape index (κ3) is 2.00. The van der Waals surface area contributed by atoms with E-state index in [9.17, 15) is 8.42 Å². The van der Waals surface area contributed by atoms with E-state index in [1.165, 1.54) is 6.42 Å². The van der Waals surface area contributed by atoms with Crippen molar-refractivity contribution in [3.63, 3.8) is 0 Å². The topological polar surface area (TPSA) is 49.4 Å². The van der Waals surface area contributed by atoms with E-state index in [0.29, 0.717) is 11.8 Å². The fourth-order valence-electron chi connectivity index (χ4n) is 4.02. The predicted octanol–water partition coefficient (Wildman–Crippen LogP) is 1.19. The molecule has 104 valence electrons.